The van der Waals surface area contributed by atoms with Crippen LogP contribution in [0.25, 0.3) is 5.69 Å². The third-order valence-corrected chi connectivity index (χ3v) is 7.97. The number of aromatic nitrogens is 2. The number of nitro benzene ring substituents is 1. The van der Waals surface area contributed by atoms with Crippen molar-refractivity contribution < 1.29 is 14.8 Å². The normalized spacial score (nSPS) is 15.8. The summed E-state index contributed by atoms with van der Waals surface area (Å²) in [5.41, 5.74) is 5.45. The zero-order valence-corrected chi connectivity index (χ0v) is 23.7. The zero-order valence-electron chi connectivity index (χ0n) is 23.7. The lowest BCUT2D eigenvalue weighted by Crippen LogP contribution is -2.34. The highest BCUT2D eigenvalue weighted by atomic mass is 16.6. The van der Waals surface area contributed by atoms with Gasteiger partial charge < -0.3 is 5.11 Å². The van der Waals surface area contributed by atoms with E-state index in [0.29, 0.717) is 22.8 Å². The summed E-state index contributed by atoms with van der Waals surface area (Å²) in [5, 5.41) is 33.9. The fourth-order valence-corrected chi connectivity index (χ4v) is 5.37. The lowest BCUT2D eigenvalue weighted by atomic mass is 9.78. The maximum absolute atomic E-state index is 14.1. The van der Waals surface area contributed by atoms with Crippen LogP contribution >= 0.6 is 0 Å². The van der Waals surface area contributed by atoms with Crippen LogP contribution in [0.4, 0.5) is 11.4 Å². The quantitative estimate of drug-likeness (QED) is 0.269. The van der Waals surface area contributed by atoms with Crippen molar-refractivity contribution in [3.8, 4) is 11.4 Å². The van der Waals surface area contributed by atoms with Gasteiger partial charge in [0, 0.05) is 35.0 Å². The zero-order chi connectivity index (χ0) is 29.7. The Bertz CT molecular complexity index is 1820. The van der Waals surface area contributed by atoms with Gasteiger partial charge in [-0.1, -0.05) is 18.2 Å². The first kappa shape index (κ1) is 27.6. The van der Waals surface area contributed by atoms with Crippen molar-refractivity contribution in [3.63, 3.8) is 0 Å². The number of anilines is 1. The predicted octanol–water partition coefficient (Wildman–Crippen LogP) is 4.86. The molecule has 1 amide bonds. The van der Waals surface area contributed by atoms with E-state index >= 15 is 0 Å². The molecule has 41 heavy (non-hydrogen) atoms. The standard InChI is InChI=1S/C31H31N5O5/c1-16-7-9-22(13-18(16)3)34-30(38)27(20(5)32-34)29(25-15-24(36(40)41)11-12-26(25)37)28-21(6)33-35(31(28)39)23-10-8-17(2)19(4)14-23/h7-15,27,29,33,37H,1-6H3/p-1/t27-,29-/m0/s1. The van der Waals surface area contributed by atoms with Gasteiger partial charge in [-0.05, 0) is 93.6 Å². The molecule has 0 aliphatic carbocycles. The van der Waals surface area contributed by atoms with Crippen LogP contribution in [0.1, 0.15) is 51.9 Å². The molecule has 0 bridgehead atoms. The van der Waals surface area contributed by atoms with Gasteiger partial charge in [-0.25, -0.2) is 9.69 Å². The molecule has 2 heterocycles. The van der Waals surface area contributed by atoms with Crippen molar-refractivity contribution >= 4 is 23.0 Å². The molecule has 0 fully saturated rings. The molecule has 2 atom stereocenters. The number of amides is 1. The van der Waals surface area contributed by atoms with Gasteiger partial charge in [0.1, 0.15) is 0 Å². The number of benzene rings is 3. The SMILES string of the molecule is CC1=NN(c2ccc(C)c(C)c2)C(=O)[C@@H]1[C@H](c1cc([N+](=O)[O-])ccc1[O-])c1c(C)[nH]n(-c2ccc(C)c(C)c2)c1=O. The number of aryl methyl sites for hydroxylation is 5. The number of nitrogens with zero attached hydrogens (tertiary/aromatic N) is 4. The van der Waals surface area contributed by atoms with Crippen molar-refractivity contribution in [1.82, 2.24) is 9.78 Å². The molecule has 0 saturated carbocycles. The molecule has 210 valence electrons. The van der Waals surface area contributed by atoms with Gasteiger partial charge in [-0.3, -0.25) is 24.8 Å². The molecule has 0 spiro atoms. The van der Waals surface area contributed by atoms with E-state index in [2.05, 4.69) is 10.2 Å². The minimum atomic E-state index is -1.12. The maximum atomic E-state index is 14.1. The van der Waals surface area contributed by atoms with E-state index in [1.54, 1.807) is 26.0 Å². The van der Waals surface area contributed by atoms with Gasteiger partial charge in [0.15, 0.2) is 0 Å². The first-order valence-corrected chi connectivity index (χ1v) is 13.2. The van der Waals surface area contributed by atoms with Crippen LogP contribution in [0.15, 0.2) is 64.5 Å². The molecule has 1 N–H and O–H groups in total. The molecule has 0 unspecified atom stereocenters. The highest BCUT2D eigenvalue weighted by Gasteiger charge is 2.44. The van der Waals surface area contributed by atoms with E-state index in [4.69, 9.17) is 0 Å². The number of carbonyl (C=O) groups is 1. The van der Waals surface area contributed by atoms with E-state index in [1.807, 2.05) is 52.0 Å². The van der Waals surface area contributed by atoms with Crippen molar-refractivity contribution in [2.75, 3.05) is 5.01 Å². The van der Waals surface area contributed by atoms with Crippen LogP contribution in [0.3, 0.4) is 0 Å². The van der Waals surface area contributed by atoms with E-state index in [0.717, 1.165) is 34.4 Å². The van der Waals surface area contributed by atoms with Gasteiger partial charge >= 0.3 is 0 Å². The number of rotatable bonds is 6. The summed E-state index contributed by atoms with van der Waals surface area (Å²) >= 11 is 0. The minimum Gasteiger partial charge on any atom is -0.872 e. The summed E-state index contributed by atoms with van der Waals surface area (Å²) in [6.45, 7) is 11.2. The highest BCUT2D eigenvalue weighted by Crippen LogP contribution is 2.42. The number of nitro groups is 1. The Morgan fingerprint density at radius 1 is 0.854 bits per heavy atom. The van der Waals surface area contributed by atoms with E-state index in [9.17, 15) is 24.8 Å². The summed E-state index contributed by atoms with van der Waals surface area (Å²) in [6.07, 6.45) is 0. The number of H-pyrrole nitrogens is 1. The van der Waals surface area contributed by atoms with Crippen LogP contribution in [-0.2, 0) is 4.79 Å². The largest absolute Gasteiger partial charge is 0.872 e. The van der Waals surface area contributed by atoms with Crippen molar-refractivity contribution in [3.05, 3.63) is 114 Å². The second-order valence-electron chi connectivity index (χ2n) is 10.7. The number of carbonyl (C=O) groups excluding carboxylic acids is 1. The third kappa shape index (κ3) is 4.71. The predicted molar refractivity (Wildman–Crippen MR) is 155 cm³/mol. The second kappa shape index (κ2) is 10.2. The monoisotopic (exact) mass is 552 g/mol. The third-order valence-electron chi connectivity index (χ3n) is 7.97. The highest BCUT2D eigenvalue weighted by molar-refractivity contribution is 6.15. The van der Waals surface area contributed by atoms with Gasteiger partial charge in [0.25, 0.3) is 17.2 Å². The van der Waals surface area contributed by atoms with Gasteiger partial charge in [-0.2, -0.15) is 5.10 Å². The van der Waals surface area contributed by atoms with Crippen LogP contribution in [0.2, 0.25) is 0 Å². The first-order valence-electron chi connectivity index (χ1n) is 13.2. The number of hydrazone groups is 1. The Morgan fingerprint density at radius 3 is 2.07 bits per heavy atom. The lowest BCUT2D eigenvalue weighted by molar-refractivity contribution is -0.385. The molecule has 1 aliphatic heterocycles. The Labute approximate surface area is 236 Å². The molecule has 4 aromatic rings. The minimum absolute atomic E-state index is 0.0135. The summed E-state index contributed by atoms with van der Waals surface area (Å²) in [5.74, 6) is -3.10. The second-order valence-corrected chi connectivity index (χ2v) is 10.7. The van der Waals surface area contributed by atoms with Crippen LogP contribution in [-0.4, -0.2) is 26.3 Å². The summed E-state index contributed by atoms with van der Waals surface area (Å²) in [7, 11) is 0. The summed E-state index contributed by atoms with van der Waals surface area (Å²) < 4.78 is 1.37. The molecule has 10 heteroatoms. The molecular formula is C31H30N5O5-. The Balaban J connectivity index is 1.72. The van der Waals surface area contributed by atoms with Gasteiger partial charge in [0.2, 0.25) is 0 Å². The van der Waals surface area contributed by atoms with E-state index in [1.165, 1.54) is 15.8 Å². The Kier molecular flexibility index (Phi) is 6.86. The summed E-state index contributed by atoms with van der Waals surface area (Å²) in [6, 6.07) is 14.5. The molecule has 0 saturated heterocycles. The number of non-ortho nitro benzene ring substituents is 1. The fraction of sp³-hybridized carbons (Fsp3) is 0.258. The molecule has 10 nitrogen and oxygen atoms in total. The van der Waals surface area contributed by atoms with Gasteiger partial charge in [0.05, 0.1) is 22.2 Å². The average Bonchev–Trinajstić information content (AvgIpc) is 3.38. The molecule has 0 radical (unpaired) electrons. The van der Waals surface area contributed by atoms with E-state index in [-0.39, 0.29) is 16.8 Å². The van der Waals surface area contributed by atoms with Crippen molar-refractivity contribution in [2.24, 2.45) is 11.0 Å². The average molecular weight is 553 g/mol. The smallest absolute Gasteiger partial charge is 0.275 e. The fourth-order valence-electron chi connectivity index (χ4n) is 5.37. The van der Waals surface area contributed by atoms with E-state index < -0.39 is 34.0 Å². The first-order chi connectivity index (χ1) is 19.4. The Hall–Kier alpha value is -4.99. The number of hydrogen-bond acceptors (Lipinski definition) is 6. The summed E-state index contributed by atoms with van der Waals surface area (Å²) in [4.78, 5) is 39.2. The molecule has 5 rings (SSSR count). The lowest BCUT2D eigenvalue weighted by Gasteiger charge is -2.27. The molecule has 1 aliphatic rings. The maximum Gasteiger partial charge on any atom is 0.275 e. The number of hydrogen-bond donors (Lipinski definition) is 1. The van der Waals surface area contributed by atoms with Crippen LogP contribution < -0.4 is 15.7 Å². The topological polar surface area (TPSA) is 137 Å². The van der Waals surface area contributed by atoms with Crippen LogP contribution in [0, 0.1) is 50.7 Å². The number of aromatic amines is 1. The Morgan fingerprint density at radius 2 is 1.46 bits per heavy atom. The number of nitrogens with one attached hydrogen (secondary N) is 1. The van der Waals surface area contributed by atoms with Crippen molar-refractivity contribution in [1.29, 1.82) is 0 Å². The molecule has 3 aromatic carbocycles. The van der Waals surface area contributed by atoms with Crippen molar-refractivity contribution in [2.45, 2.75) is 47.5 Å². The van der Waals surface area contributed by atoms with Crippen LogP contribution in [0.5, 0.6) is 5.75 Å². The molecule has 1 aromatic heterocycles. The molecular weight excluding hydrogens is 522 g/mol. The van der Waals surface area contributed by atoms with Gasteiger partial charge in [-0.15, -0.1) is 5.75 Å².